The highest BCUT2D eigenvalue weighted by Gasteiger charge is 2.46. The Morgan fingerprint density at radius 1 is 1.03 bits per heavy atom. The van der Waals surface area contributed by atoms with Gasteiger partial charge in [0, 0.05) is 42.1 Å². The Balaban J connectivity index is 1.50. The average molecular weight is 416 g/mol. The van der Waals surface area contributed by atoms with Crippen molar-refractivity contribution in [2.45, 2.75) is 37.3 Å². The number of carboxylic acid groups (broad SMARTS) is 1. The van der Waals surface area contributed by atoms with Gasteiger partial charge >= 0.3 is 12.1 Å². The monoisotopic (exact) mass is 416 g/mol. The summed E-state index contributed by atoms with van der Waals surface area (Å²) in [5.74, 6) is -1.12. The summed E-state index contributed by atoms with van der Waals surface area (Å²) in [6, 6.07) is 12.0. The molecule has 0 radical (unpaired) electrons. The summed E-state index contributed by atoms with van der Waals surface area (Å²) in [5.41, 5.74) is 2.76. The number of hydrogen-bond donors (Lipinski definition) is 1. The van der Waals surface area contributed by atoms with Crippen LogP contribution in [0.3, 0.4) is 0 Å². The van der Waals surface area contributed by atoms with Crippen molar-refractivity contribution >= 4 is 23.0 Å². The molecule has 30 heavy (non-hydrogen) atoms. The van der Waals surface area contributed by atoms with Crippen LogP contribution in [0.15, 0.2) is 42.5 Å². The highest BCUT2D eigenvalue weighted by molar-refractivity contribution is 5.78. The number of carbonyl (C=O) groups is 1. The van der Waals surface area contributed by atoms with Crippen LogP contribution in [0.4, 0.5) is 30.2 Å². The minimum Gasteiger partial charge on any atom is -0.481 e. The molecule has 2 heterocycles. The van der Waals surface area contributed by atoms with Crippen LogP contribution < -0.4 is 9.80 Å². The molecule has 0 bridgehead atoms. The molecule has 2 aliphatic heterocycles. The fraction of sp³-hybridized carbons (Fsp3) is 0.435. The van der Waals surface area contributed by atoms with Crippen LogP contribution in [0.1, 0.15) is 36.8 Å². The molecule has 3 aliphatic rings. The molecule has 0 aromatic heterocycles. The molecule has 2 aromatic carbocycles. The molecule has 1 saturated carbocycles. The highest BCUT2D eigenvalue weighted by Crippen LogP contribution is 2.53. The van der Waals surface area contributed by atoms with Gasteiger partial charge in [-0.25, -0.2) is 0 Å². The number of nitrogens with zero attached hydrogens (tertiary/aromatic N) is 2. The van der Waals surface area contributed by atoms with Crippen LogP contribution >= 0.6 is 0 Å². The zero-order valence-corrected chi connectivity index (χ0v) is 16.5. The van der Waals surface area contributed by atoms with E-state index in [-0.39, 0.29) is 11.3 Å². The first-order chi connectivity index (χ1) is 14.3. The van der Waals surface area contributed by atoms with Crippen molar-refractivity contribution in [2.24, 2.45) is 5.92 Å². The zero-order chi connectivity index (χ0) is 21.1. The summed E-state index contributed by atoms with van der Waals surface area (Å²) in [6.45, 7) is 1.65. The van der Waals surface area contributed by atoms with E-state index in [1.807, 2.05) is 29.2 Å². The number of alkyl halides is 3. The predicted molar refractivity (Wildman–Crippen MR) is 108 cm³/mol. The minimum absolute atomic E-state index is 0.224. The smallest absolute Gasteiger partial charge is 0.416 e. The normalized spacial score (nSPS) is 20.5. The van der Waals surface area contributed by atoms with E-state index in [2.05, 4.69) is 4.90 Å². The van der Waals surface area contributed by atoms with Gasteiger partial charge in [-0.15, -0.1) is 0 Å². The Bertz CT molecular complexity index is 992. The van der Waals surface area contributed by atoms with Crippen molar-refractivity contribution in [1.82, 2.24) is 0 Å². The van der Waals surface area contributed by atoms with Crippen LogP contribution in [0.2, 0.25) is 0 Å². The Morgan fingerprint density at radius 2 is 1.73 bits per heavy atom. The number of benzene rings is 2. The van der Waals surface area contributed by atoms with E-state index >= 15 is 0 Å². The van der Waals surface area contributed by atoms with Crippen LogP contribution in [-0.2, 0) is 16.4 Å². The predicted octanol–water partition coefficient (Wildman–Crippen LogP) is 5.19. The van der Waals surface area contributed by atoms with Crippen LogP contribution in [0, 0.1) is 5.92 Å². The number of anilines is 3. The fourth-order valence-electron chi connectivity index (χ4n) is 5.26. The number of carboxylic acids is 1. The molecule has 0 atom stereocenters. The van der Waals surface area contributed by atoms with Crippen LogP contribution in [-0.4, -0.2) is 30.7 Å². The molecular formula is C23H23F3N2O2. The number of halogens is 3. The average Bonchev–Trinajstić information content (AvgIpc) is 3.26. The second-order valence-corrected chi connectivity index (χ2v) is 8.76. The number of aliphatic carboxylic acids is 1. The minimum atomic E-state index is -4.35. The summed E-state index contributed by atoms with van der Waals surface area (Å²) in [7, 11) is 0. The van der Waals surface area contributed by atoms with Gasteiger partial charge in [-0.1, -0.05) is 18.9 Å². The first kappa shape index (κ1) is 19.3. The Kier molecular flexibility index (Phi) is 4.27. The van der Waals surface area contributed by atoms with E-state index in [9.17, 15) is 18.0 Å². The topological polar surface area (TPSA) is 43.8 Å². The summed E-state index contributed by atoms with van der Waals surface area (Å²) in [4.78, 5) is 15.3. The van der Waals surface area contributed by atoms with Crippen molar-refractivity contribution in [3.8, 4) is 0 Å². The summed E-state index contributed by atoms with van der Waals surface area (Å²) in [6.07, 6.45) is -0.462. The number of rotatable bonds is 3. The Hall–Kier alpha value is -2.70. The summed E-state index contributed by atoms with van der Waals surface area (Å²) >= 11 is 0. The van der Waals surface area contributed by atoms with E-state index in [1.54, 1.807) is 6.07 Å². The maximum absolute atomic E-state index is 13.4. The molecule has 2 aromatic rings. The van der Waals surface area contributed by atoms with Gasteiger partial charge in [0.1, 0.15) is 0 Å². The number of fused-ring (bicyclic) bond motifs is 2. The molecule has 158 valence electrons. The molecule has 0 unspecified atom stereocenters. The third kappa shape index (κ3) is 3.02. The summed E-state index contributed by atoms with van der Waals surface area (Å²) < 4.78 is 40.1. The summed E-state index contributed by atoms with van der Waals surface area (Å²) in [5, 5.41) is 9.12. The van der Waals surface area contributed by atoms with Gasteiger partial charge in [-0.2, -0.15) is 13.2 Å². The SMILES string of the molecule is O=C(O)C1CN(c2cccc(N3CC4(CCCC4)c4cc(C(F)(F)F)ccc43)c2)C1. The van der Waals surface area contributed by atoms with E-state index in [0.717, 1.165) is 48.3 Å². The maximum Gasteiger partial charge on any atom is 0.416 e. The van der Waals surface area contributed by atoms with E-state index in [1.165, 1.54) is 12.1 Å². The molecule has 4 nitrogen and oxygen atoms in total. The molecular weight excluding hydrogens is 393 g/mol. The third-order valence-corrected chi connectivity index (χ3v) is 6.94. The van der Waals surface area contributed by atoms with Crippen LogP contribution in [0.5, 0.6) is 0 Å². The molecule has 1 N–H and O–H groups in total. The number of hydrogen-bond acceptors (Lipinski definition) is 3. The lowest BCUT2D eigenvalue weighted by molar-refractivity contribution is -0.142. The van der Waals surface area contributed by atoms with Crippen molar-refractivity contribution < 1.29 is 23.1 Å². The fourth-order valence-corrected chi connectivity index (χ4v) is 5.26. The molecule has 1 saturated heterocycles. The third-order valence-electron chi connectivity index (χ3n) is 6.94. The maximum atomic E-state index is 13.4. The van der Waals surface area contributed by atoms with E-state index < -0.39 is 17.7 Å². The van der Waals surface area contributed by atoms with Crippen molar-refractivity contribution in [2.75, 3.05) is 29.4 Å². The highest BCUT2D eigenvalue weighted by atomic mass is 19.4. The second-order valence-electron chi connectivity index (χ2n) is 8.76. The molecule has 5 rings (SSSR count). The Labute approximate surface area is 172 Å². The quantitative estimate of drug-likeness (QED) is 0.748. The van der Waals surface area contributed by atoms with Crippen molar-refractivity contribution in [1.29, 1.82) is 0 Å². The zero-order valence-electron chi connectivity index (χ0n) is 16.5. The lowest BCUT2D eigenvalue weighted by Crippen LogP contribution is -2.50. The van der Waals surface area contributed by atoms with Gasteiger partial charge in [0.2, 0.25) is 0 Å². The Morgan fingerprint density at radius 3 is 2.40 bits per heavy atom. The molecule has 7 heteroatoms. The van der Waals surface area contributed by atoms with Crippen molar-refractivity contribution in [3.63, 3.8) is 0 Å². The molecule has 1 spiro atoms. The first-order valence-electron chi connectivity index (χ1n) is 10.3. The van der Waals surface area contributed by atoms with Crippen molar-refractivity contribution in [3.05, 3.63) is 53.6 Å². The molecule has 0 amide bonds. The van der Waals surface area contributed by atoms with Gasteiger partial charge in [0.05, 0.1) is 11.5 Å². The van der Waals surface area contributed by atoms with E-state index in [4.69, 9.17) is 5.11 Å². The van der Waals surface area contributed by atoms with Crippen LogP contribution in [0.25, 0.3) is 0 Å². The van der Waals surface area contributed by atoms with Gasteiger partial charge in [-0.05, 0) is 54.8 Å². The standard InChI is InChI=1S/C23H23F3N2O2/c24-23(25,26)16-6-7-20-19(10-16)22(8-1-2-9-22)14-28(20)18-5-3-4-17(11-18)27-12-15(13-27)21(29)30/h3-7,10-11,15H,1-2,8-9,12-14H2,(H,29,30). The second kappa shape index (κ2) is 6.65. The largest absolute Gasteiger partial charge is 0.481 e. The molecule has 1 aliphatic carbocycles. The lowest BCUT2D eigenvalue weighted by Gasteiger charge is -2.39. The van der Waals surface area contributed by atoms with Gasteiger partial charge in [0.25, 0.3) is 0 Å². The van der Waals surface area contributed by atoms with Gasteiger partial charge < -0.3 is 14.9 Å². The van der Waals surface area contributed by atoms with Gasteiger partial charge in [0.15, 0.2) is 0 Å². The first-order valence-corrected chi connectivity index (χ1v) is 10.3. The van der Waals surface area contributed by atoms with E-state index in [0.29, 0.717) is 19.6 Å². The molecule has 2 fully saturated rings. The lowest BCUT2D eigenvalue weighted by atomic mass is 9.80. The van der Waals surface area contributed by atoms with Gasteiger partial charge in [-0.3, -0.25) is 4.79 Å².